The SMILES string of the molecule is c1ccc(-c2ccc(N(c3ccccc3)c3ccc(-n4c5cccc6c7cc8ccccc8cc7n7c8ccccc8c8ccc4c(c65)c87)cc3)cc2)cc1. The summed E-state index contributed by atoms with van der Waals surface area (Å²) < 4.78 is 5.00. The van der Waals surface area contributed by atoms with Crippen LogP contribution in [-0.4, -0.2) is 8.97 Å². The van der Waals surface area contributed by atoms with Crippen molar-refractivity contribution in [3.05, 3.63) is 200 Å². The Balaban J connectivity index is 1.09. The van der Waals surface area contributed by atoms with Gasteiger partial charge in [-0.15, -0.1) is 0 Å². The van der Waals surface area contributed by atoms with Crippen LogP contribution in [-0.2, 0) is 0 Å². The second-order valence-electron chi connectivity index (χ2n) is 14.6. The van der Waals surface area contributed by atoms with E-state index in [1.54, 1.807) is 0 Å². The van der Waals surface area contributed by atoms with Gasteiger partial charge in [-0.3, -0.25) is 0 Å². The predicted octanol–water partition coefficient (Wildman–Crippen LogP) is 14.2. The Labute approximate surface area is 317 Å². The normalized spacial score (nSPS) is 12.0. The lowest BCUT2D eigenvalue weighted by Gasteiger charge is -2.26. The van der Waals surface area contributed by atoms with Crippen LogP contribution in [0.25, 0.3) is 87.5 Å². The van der Waals surface area contributed by atoms with E-state index in [1.165, 1.54) is 81.8 Å². The lowest BCUT2D eigenvalue weighted by molar-refractivity contribution is 1.17. The molecular formula is C52H33N3. The number of fused-ring (bicyclic) bond motifs is 7. The summed E-state index contributed by atoms with van der Waals surface area (Å²) in [4.78, 5) is 2.34. The van der Waals surface area contributed by atoms with Crippen molar-refractivity contribution in [3.8, 4) is 16.8 Å². The standard InChI is InChI=1S/C52H33N3/c1-3-12-34(13-4-1)35-22-24-39(25-23-35)53(38-16-5-2-6-17-38)40-26-28-41(29-27-40)54-47-21-11-19-43-45-32-36-14-7-8-15-37(36)33-49(45)55-46-20-10-9-18-42(46)44-30-31-48(54)51(50(43)47)52(44)55/h1-33H. The molecule has 3 nitrogen and oxygen atoms in total. The fourth-order valence-corrected chi connectivity index (χ4v) is 9.19. The number of hydrogen-bond donors (Lipinski definition) is 0. The summed E-state index contributed by atoms with van der Waals surface area (Å²) in [6.07, 6.45) is 0. The van der Waals surface area contributed by atoms with Crippen molar-refractivity contribution in [2.24, 2.45) is 0 Å². The van der Waals surface area contributed by atoms with Gasteiger partial charge in [0.05, 0.1) is 27.6 Å². The molecule has 3 heterocycles. The topological polar surface area (TPSA) is 12.6 Å². The minimum Gasteiger partial charge on any atom is -0.311 e. The highest BCUT2D eigenvalue weighted by Gasteiger charge is 2.23. The fourth-order valence-electron chi connectivity index (χ4n) is 9.19. The average molecular weight is 700 g/mol. The summed E-state index contributed by atoms with van der Waals surface area (Å²) in [5.74, 6) is 0. The zero-order chi connectivity index (χ0) is 36.0. The van der Waals surface area contributed by atoms with E-state index in [1.807, 2.05) is 0 Å². The van der Waals surface area contributed by atoms with Crippen LogP contribution in [0.15, 0.2) is 200 Å². The zero-order valence-corrected chi connectivity index (χ0v) is 29.9. The molecule has 0 spiro atoms. The molecule has 0 fully saturated rings. The van der Waals surface area contributed by atoms with E-state index in [2.05, 4.69) is 214 Å². The van der Waals surface area contributed by atoms with Crippen molar-refractivity contribution < 1.29 is 0 Å². The fraction of sp³-hybridized carbons (Fsp3) is 0. The van der Waals surface area contributed by atoms with Crippen molar-refractivity contribution in [2.45, 2.75) is 0 Å². The molecule has 0 unspecified atom stereocenters. The second-order valence-corrected chi connectivity index (χ2v) is 14.6. The Kier molecular flexibility index (Phi) is 6.34. The Hall–Kier alpha value is -7.36. The molecule has 0 saturated heterocycles. The van der Waals surface area contributed by atoms with Crippen LogP contribution in [0.1, 0.15) is 0 Å². The van der Waals surface area contributed by atoms with Gasteiger partial charge in [-0.1, -0.05) is 121 Å². The van der Waals surface area contributed by atoms with Gasteiger partial charge in [0, 0.05) is 49.7 Å². The molecule has 0 bridgehead atoms. The van der Waals surface area contributed by atoms with Crippen LogP contribution in [0.3, 0.4) is 0 Å². The number of anilines is 3. The Morgan fingerprint density at radius 2 is 0.909 bits per heavy atom. The van der Waals surface area contributed by atoms with E-state index in [-0.39, 0.29) is 0 Å². The molecule has 12 aromatic rings. The van der Waals surface area contributed by atoms with Crippen molar-refractivity contribution in [1.82, 2.24) is 8.97 Å². The minimum absolute atomic E-state index is 1.10. The lowest BCUT2D eigenvalue weighted by atomic mass is 10.0. The van der Waals surface area contributed by atoms with Crippen molar-refractivity contribution in [2.75, 3.05) is 4.90 Å². The molecule has 0 amide bonds. The maximum Gasteiger partial charge on any atom is 0.0641 e. The van der Waals surface area contributed by atoms with Gasteiger partial charge in [-0.2, -0.15) is 0 Å². The van der Waals surface area contributed by atoms with Gasteiger partial charge in [0.15, 0.2) is 0 Å². The molecule has 256 valence electrons. The first kappa shape index (κ1) is 30.1. The van der Waals surface area contributed by atoms with Crippen LogP contribution in [0, 0.1) is 0 Å². The number of aromatic nitrogens is 2. The van der Waals surface area contributed by atoms with Gasteiger partial charge in [-0.05, 0) is 106 Å². The molecule has 55 heavy (non-hydrogen) atoms. The van der Waals surface area contributed by atoms with E-state index in [0.717, 1.165) is 22.7 Å². The lowest BCUT2D eigenvalue weighted by Crippen LogP contribution is -2.10. The molecule has 3 aromatic heterocycles. The first-order valence-electron chi connectivity index (χ1n) is 18.9. The third-order valence-corrected chi connectivity index (χ3v) is 11.6. The molecule has 9 aromatic carbocycles. The molecule has 0 saturated carbocycles. The second kappa shape index (κ2) is 11.6. The van der Waals surface area contributed by atoms with Crippen molar-refractivity contribution in [3.63, 3.8) is 0 Å². The molecule has 0 aliphatic rings. The highest BCUT2D eigenvalue weighted by Crippen LogP contribution is 2.46. The van der Waals surface area contributed by atoms with Crippen LogP contribution < -0.4 is 4.90 Å². The van der Waals surface area contributed by atoms with Gasteiger partial charge in [0.2, 0.25) is 0 Å². The van der Waals surface area contributed by atoms with E-state index in [9.17, 15) is 0 Å². The first-order valence-corrected chi connectivity index (χ1v) is 18.9. The summed E-state index contributed by atoms with van der Waals surface area (Å²) in [6.45, 7) is 0. The molecule has 0 atom stereocenters. The van der Waals surface area contributed by atoms with Gasteiger partial charge in [0.1, 0.15) is 0 Å². The number of benzene rings is 9. The Bertz CT molecular complexity index is 3390. The van der Waals surface area contributed by atoms with E-state index >= 15 is 0 Å². The highest BCUT2D eigenvalue weighted by atomic mass is 15.1. The molecular weight excluding hydrogens is 667 g/mol. The Morgan fingerprint density at radius 3 is 1.69 bits per heavy atom. The van der Waals surface area contributed by atoms with E-state index < -0.39 is 0 Å². The van der Waals surface area contributed by atoms with E-state index in [0.29, 0.717) is 0 Å². The molecule has 12 rings (SSSR count). The molecule has 0 radical (unpaired) electrons. The summed E-state index contributed by atoms with van der Waals surface area (Å²) >= 11 is 0. The summed E-state index contributed by atoms with van der Waals surface area (Å²) in [6, 6.07) is 73.1. The summed E-state index contributed by atoms with van der Waals surface area (Å²) in [7, 11) is 0. The van der Waals surface area contributed by atoms with E-state index in [4.69, 9.17) is 0 Å². The Morgan fingerprint density at radius 1 is 0.327 bits per heavy atom. The summed E-state index contributed by atoms with van der Waals surface area (Å²) in [5.41, 5.74) is 13.0. The number of para-hydroxylation sites is 2. The number of hydrogen-bond acceptors (Lipinski definition) is 1. The predicted molar refractivity (Wildman–Crippen MR) is 233 cm³/mol. The van der Waals surface area contributed by atoms with Gasteiger partial charge < -0.3 is 13.9 Å². The average Bonchev–Trinajstić information content (AvgIpc) is 3.73. The number of rotatable bonds is 5. The van der Waals surface area contributed by atoms with Crippen molar-refractivity contribution >= 4 is 87.7 Å². The third-order valence-electron chi connectivity index (χ3n) is 11.6. The van der Waals surface area contributed by atoms with Crippen molar-refractivity contribution in [1.29, 1.82) is 0 Å². The van der Waals surface area contributed by atoms with Crippen LogP contribution in [0.4, 0.5) is 17.1 Å². The monoisotopic (exact) mass is 699 g/mol. The van der Waals surface area contributed by atoms with Crippen LogP contribution >= 0.6 is 0 Å². The zero-order valence-electron chi connectivity index (χ0n) is 29.9. The van der Waals surface area contributed by atoms with Crippen LogP contribution in [0.2, 0.25) is 0 Å². The minimum atomic E-state index is 1.10. The largest absolute Gasteiger partial charge is 0.311 e. The highest BCUT2D eigenvalue weighted by molar-refractivity contribution is 6.33. The molecule has 3 heteroatoms. The number of nitrogens with zero attached hydrogens (tertiary/aromatic N) is 3. The molecule has 0 N–H and O–H groups in total. The van der Waals surface area contributed by atoms with Gasteiger partial charge in [0.25, 0.3) is 0 Å². The summed E-state index contributed by atoms with van der Waals surface area (Å²) in [5, 5.41) is 10.2. The van der Waals surface area contributed by atoms with Gasteiger partial charge >= 0.3 is 0 Å². The van der Waals surface area contributed by atoms with Crippen LogP contribution in [0.5, 0.6) is 0 Å². The smallest absolute Gasteiger partial charge is 0.0641 e. The molecule has 0 aliphatic carbocycles. The maximum atomic E-state index is 2.53. The molecule has 0 aliphatic heterocycles. The maximum absolute atomic E-state index is 2.53. The van der Waals surface area contributed by atoms with Gasteiger partial charge in [-0.25, -0.2) is 0 Å². The third kappa shape index (κ3) is 4.38. The quantitative estimate of drug-likeness (QED) is 0.174. The first-order chi connectivity index (χ1) is 27.3.